The maximum absolute atomic E-state index is 11.9. The van der Waals surface area contributed by atoms with Crippen LogP contribution in [0.4, 0.5) is 3.89 Å². The Morgan fingerprint density at radius 1 is 1.33 bits per heavy atom. The van der Waals surface area contributed by atoms with Gasteiger partial charge in [-0.3, -0.25) is 0 Å². The Labute approximate surface area is 74.7 Å². The Balaban J connectivity index is 3.48. The number of hydrogen-bond acceptors (Lipinski definition) is 2. The van der Waals surface area contributed by atoms with Gasteiger partial charge in [0, 0.05) is 14.6 Å². The van der Waals surface area contributed by atoms with Crippen LogP contribution in [0.2, 0.25) is 25.7 Å². The van der Waals surface area contributed by atoms with Crippen molar-refractivity contribution < 1.29 is 12.3 Å². The van der Waals surface area contributed by atoms with Gasteiger partial charge in [-0.15, -0.1) is 0 Å². The molecule has 0 atom stereocenters. The molecule has 0 saturated heterocycles. The second-order valence-electron chi connectivity index (χ2n) is 4.00. The van der Waals surface area contributed by atoms with E-state index in [0.717, 1.165) is 12.5 Å². The maximum atomic E-state index is 11.9. The van der Waals surface area contributed by atoms with Crippen molar-refractivity contribution in [1.82, 2.24) is 4.72 Å². The van der Waals surface area contributed by atoms with Crippen LogP contribution < -0.4 is 4.72 Å². The van der Waals surface area contributed by atoms with Gasteiger partial charge in [0.2, 0.25) is 0 Å². The number of hydrogen-bond donors (Lipinski definition) is 1. The highest BCUT2D eigenvalue weighted by atomic mass is 32.3. The lowest BCUT2D eigenvalue weighted by atomic mass is 10.5. The van der Waals surface area contributed by atoms with E-state index < -0.39 is 18.5 Å². The van der Waals surface area contributed by atoms with Gasteiger partial charge in [0.25, 0.3) is 0 Å². The number of nitrogens with one attached hydrogen (secondary N) is 1. The second-order valence-corrected chi connectivity index (χ2v) is 10.8. The highest BCUT2D eigenvalue weighted by molar-refractivity contribution is 7.84. The molecule has 74 valence electrons. The molecule has 0 aliphatic carbocycles. The summed E-state index contributed by atoms with van der Waals surface area (Å²) in [5.41, 5.74) is 0. The lowest BCUT2D eigenvalue weighted by Gasteiger charge is -2.14. The summed E-state index contributed by atoms with van der Waals surface area (Å²) in [6.07, 6.45) is 0.721. The molecule has 1 N–H and O–H groups in total. The molecule has 3 nitrogen and oxygen atoms in total. The Morgan fingerprint density at radius 3 is 2.17 bits per heavy atom. The van der Waals surface area contributed by atoms with E-state index in [9.17, 15) is 12.3 Å². The minimum absolute atomic E-state index is 0.211. The molecule has 0 amide bonds. The summed E-state index contributed by atoms with van der Waals surface area (Å²) in [7, 11) is -5.59. The van der Waals surface area contributed by atoms with Crippen molar-refractivity contribution >= 4 is 18.5 Å². The number of halogens is 1. The quantitative estimate of drug-likeness (QED) is 0.427. The Morgan fingerprint density at radius 2 is 1.83 bits per heavy atom. The summed E-state index contributed by atoms with van der Waals surface area (Å²) in [5, 5.41) is 0. The summed E-state index contributed by atoms with van der Waals surface area (Å²) < 4.78 is 33.7. The Hall–Kier alpha value is 0.0569. The molecule has 0 aliphatic heterocycles. The van der Waals surface area contributed by atoms with Gasteiger partial charge in [-0.25, -0.2) is 0 Å². The highest BCUT2D eigenvalue weighted by Gasteiger charge is 2.12. The van der Waals surface area contributed by atoms with E-state index >= 15 is 0 Å². The number of rotatable bonds is 5. The summed E-state index contributed by atoms with van der Waals surface area (Å²) in [5.74, 6) is 0. The van der Waals surface area contributed by atoms with Crippen molar-refractivity contribution in [2.24, 2.45) is 0 Å². The molecule has 0 unspecified atom stereocenters. The standard InChI is InChI=1S/C6H16FNO2SSi/c1-12(2,3)6-4-5-8-11(7,9)10/h8H,4-6H2,1-3H3. The molecule has 0 aromatic heterocycles. The molecule has 6 heteroatoms. The molecule has 0 heterocycles. The van der Waals surface area contributed by atoms with Crippen molar-refractivity contribution in [3.63, 3.8) is 0 Å². The molecule has 0 radical (unpaired) electrons. The fraction of sp³-hybridized carbons (Fsp3) is 1.00. The smallest absolute Gasteiger partial charge is 0.188 e. The van der Waals surface area contributed by atoms with Gasteiger partial charge in [-0.1, -0.05) is 29.6 Å². The third kappa shape index (κ3) is 10.1. The fourth-order valence-corrected chi connectivity index (χ4v) is 2.44. The molecule has 0 fully saturated rings. The molecule has 0 bridgehead atoms. The van der Waals surface area contributed by atoms with Gasteiger partial charge in [0.1, 0.15) is 0 Å². The van der Waals surface area contributed by atoms with Crippen LogP contribution in [0.3, 0.4) is 0 Å². The normalized spacial score (nSPS) is 13.3. The molecular weight excluding hydrogens is 197 g/mol. The SMILES string of the molecule is C[Si](C)(C)CCCNS(=O)(=O)F. The van der Waals surface area contributed by atoms with Crippen molar-refractivity contribution in [3.8, 4) is 0 Å². The average Bonchev–Trinajstić information content (AvgIpc) is 1.76. The van der Waals surface area contributed by atoms with Crippen molar-refractivity contribution in [1.29, 1.82) is 0 Å². The van der Waals surface area contributed by atoms with Gasteiger partial charge in [-0.05, 0) is 6.42 Å². The van der Waals surface area contributed by atoms with E-state index in [4.69, 9.17) is 0 Å². The van der Waals surface area contributed by atoms with Crippen LogP contribution >= 0.6 is 0 Å². The molecule has 0 aromatic rings. The van der Waals surface area contributed by atoms with E-state index in [-0.39, 0.29) is 6.54 Å². The minimum atomic E-state index is -4.48. The molecule has 0 spiro atoms. The third-order valence-corrected chi connectivity index (χ3v) is 3.78. The second kappa shape index (κ2) is 4.34. The summed E-state index contributed by atoms with van der Waals surface area (Å²) in [6, 6.07) is 1.01. The zero-order chi connectivity index (χ0) is 9.83. The van der Waals surface area contributed by atoms with Crippen molar-refractivity contribution in [3.05, 3.63) is 0 Å². The lowest BCUT2D eigenvalue weighted by molar-refractivity contribution is 0.534. The largest absolute Gasteiger partial charge is 0.372 e. The van der Waals surface area contributed by atoms with E-state index in [1.165, 1.54) is 0 Å². The third-order valence-electron chi connectivity index (χ3n) is 1.38. The van der Waals surface area contributed by atoms with Gasteiger partial charge in [0.15, 0.2) is 0 Å². The first-order valence-corrected chi connectivity index (χ1v) is 8.99. The minimum Gasteiger partial charge on any atom is -0.188 e. The molecular formula is C6H16FNO2SSi. The van der Waals surface area contributed by atoms with E-state index in [0.29, 0.717) is 0 Å². The Bertz CT molecular complexity index is 222. The van der Waals surface area contributed by atoms with Crippen LogP contribution in [0, 0.1) is 0 Å². The summed E-state index contributed by atoms with van der Waals surface area (Å²) >= 11 is 0. The molecule has 12 heavy (non-hydrogen) atoms. The fourth-order valence-electron chi connectivity index (χ4n) is 0.813. The zero-order valence-corrected chi connectivity index (χ0v) is 9.54. The topological polar surface area (TPSA) is 46.2 Å². The Kier molecular flexibility index (Phi) is 4.36. The van der Waals surface area contributed by atoms with Crippen LogP contribution in [-0.2, 0) is 10.4 Å². The van der Waals surface area contributed by atoms with Crippen LogP contribution in [-0.4, -0.2) is 23.0 Å². The van der Waals surface area contributed by atoms with E-state index in [2.05, 4.69) is 19.6 Å². The van der Waals surface area contributed by atoms with E-state index in [1.807, 2.05) is 4.72 Å². The molecule has 0 aliphatic rings. The van der Waals surface area contributed by atoms with Crippen LogP contribution in [0.5, 0.6) is 0 Å². The van der Waals surface area contributed by atoms with Gasteiger partial charge in [0.05, 0.1) is 0 Å². The first kappa shape index (κ1) is 12.1. The monoisotopic (exact) mass is 213 g/mol. The molecule has 0 saturated carbocycles. The predicted octanol–water partition coefficient (Wildman–Crippen LogP) is 1.52. The van der Waals surface area contributed by atoms with Crippen molar-refractivity contribution in [2.45, 2.75) is 32.1 Å². The van der Waals surface area contributed by atoms with Crippen molar-refractivity contribution in [2.75, 3.05) is 6.54 Å². The van der Waals surface area contributed by atoms with Crippen LogP contribution in [0.25, 0.3) is 0 Å². The zero-order valence-electron chi connectivity index (χ0n) is 7.72. The van der Waals surface area contributed by atoms with Crippen LogP contribution in [0.15, 0.2) is 0 Å². The molecule has 0 rings (SSSR count). The highest BCUT2D eigenvalue weighted by Crippen LogP contribution is 2.09. The van der Waals surface area contributed by atoms with E-state index in [1.54, 1.807) is 0 Å². The van der Waals surface area contributed by atoms with Crippen LogP contribution in [0.1, 0.15) is 6.42 Å². The maximum Gasteiger partial charge on any atom is 0.372 e. The first-order chi connectivity index (χ1) is 5.21. The summed E-state index contributed by atoms with van der Waals surface area (Å²) in [4.78, 5) is 0. The summed E-state index contributed by atoms with van der Waals surface area (Å²) in [6.45, 7) is 6.79. The van der Waals surface area contributed by atoms with Gasteiger partial charge < -0.3 is 0 Å². The predicted molar refractivity (Wildman–Crippen MR) is 50.8 cm³/mol. The lowest BCUT2D eigenvalue weighted by Crippen LogP contribution is -2.24. The van der Waals surface area contributed by atoms with Gasteiger partial charge >= 0.3 is 10.4 Å². The molecule has 0 aromatic carbocycles. The first-order valence-electron chi connectivity index (χ1n) is 3.90. The average molecular weight is 213 g/mol. The van der Waals surface area contributed by atoms with Gasteiger partial charge in [-0.2, -0.15) is 13.1 Å².